The van der Waals surface area contributed by atoms with Crippen LogP contribution in [0.2, 0.25) is 0 Å². The molecule has 0 spiro atoms. The number of phosphoric ester groups is 1. The predicted octanol–water partition coefficient (Wildman–Crippen LogP) is 1.94. The molecule has 5 atom stereocenters. The van der Waals surface area contributed by atoms with Gasteiger partial charge in [0.25, 0.3) is 11.2 Å². The number of nitrogen functional groups attached to an aromatic ring is 1. The number of nitrogens with one attached hydrogen (secondary N) is 1. The van der Waals surface area contributed by atoms with E-state index in [-0.39, 0.29) is 41.2 Å². The average Bonchev–Trinajstić information content (AvgIpc) is 3.52. The SMILES string of the molecule is [N-]=[N+]=NCc1ccc([N+](=O)[O-])cc1C(=O)CC1C[C@H](n2cnc3c(=O)[nH]c(N)nc32)O[C@@H]1COP(=O)(O)OP(=O)(O)OP(=O)(O)O. The number of ether oxygens (including phenoxy) is 1. The van der Waals surface area contributed by atoms with Crippen LogP contribution in [0.3, 0.4) is 0 Å². The van der Waals surface area contributed by atoms with Crippen molar-refractivity contribution in [2.45, 2.75) is 31.7 Å². The molecular weight excluding hydrogens is 687 g/mol. The Morgan fingerprint density at radius 1 is 1.26 bits per heavy atom. The number of hydrogen-bond donors (Lipinski definition) is 6. The summed E-state index contributed by atoms with van der Waals surface area (Å²) in [6.07, 6.45) is -1.81. The highest BCUT2D eigenvalue weighted by Gasteiger charge is 2.44. The van der Waals surface area contributed by atoms with E-state index in [0.29, 0.717) is 0 Å². The van der Waals surface area contributed by atoms with Crippen molar-refractivity contribution in [1.29, 1.82) is 0 Å². The van der Waals surface area contributed by atoms with Gasteiger partial charge >= 0.3 is 23.5 Å². The van der Waals surface area contributed by atoms with Gasteiger partial charge in [-0.2, -0.15) is 13.6 Å². The van der Waals surface area contributed by atoms with Gasteiger partial charge in [-0.05, 0) is 23.4 Å². The van der Waals surface area contributed by atoms with Crippen LogP contribution in [0.5, 0.6) is 0 Å². The number of nitrogens with zero attached hydrogens (tertiary/aromatic N) is 7. The highest BCUT2D eigenvalue weighted by molar-refractivity contribution is 7.66. The van der Waals surface area contributed by atoms with Gasteiger partial charge in [0.05, 0.1) is 30.5 Å². The number of non-ortho nitro benzene ring substituents is 1. The van der Waals surface area contributed by atoms with Crippen LogP contribution in [0.4, 0.5) is 11.6 Å². The Bertz CT molecular complexity index is 1940. The smallest absolute Gasteiger partial charge is 0.369 e. The molecule has 24 nitrogen and oxygen atoms in total. The van der Waals surface area contributed by atoms with Crippen LogP contribution in [0, 0.1) is 16.0 Å². The van der Waals surface area contributed by atoms with Gasteiger partial charge in [0.15, 0.2) is 16.9 Å². The minimum Gasteiger partial charge on any atom is -0.369 e. The summed E-state index contributed by atoms with van der Waals surface area (Å²) in [4.78, 5) is 86.0. The molecule has 1 aliphatic rings. The minimum atomic E-state index is -5.84. The topological polar surface area (TPSA) is 368 Å². The molecule has 1 aromatic carbocycles. The number of nitro benzene ring substituents is 1. The summed E-state index contributed by atoms with van der Waals surface area (Å²) >= 11 is 0. The lowest BCUT2D eigenvalue weighted by Crippen LogP contribution is -2.25. The fourth-order valence-electron chi connectivity index (χ4n) is 4.50. The van der Waals surface area contributed by atoms with Gasteiger partial charge in [0, 0.05) is 29.0 Å². The van der Waals surface area contributed by atoms with Gasteiger partial charge < -0.3 is 30.0 Å². The number of fused-ring (bicyclic) bond motifs is 1. The van der Waals surface area contributed by atoms with E-state index in [4.69, 9.17) is 30.3 Å². The molecule has 46 heavy (non-hydrogen) atoms. The number of aromatic nitrogens is 4. The molecule has 3 unspecified atom stereocenters. The first kappa shape index (κ1) is 35.0. The van der Waals surface area contributed by atoms with Gasteiger partial charge in [0.2, 0.25) is 5.95 Å². The summed E-state index contributed by atoms with van der Waals surface area (Å²) in [6, 6.07) is 3.30. The second-order valence-electron chi connectivity index (χ2n) is 9.40. The number of rotatable bonds is 14. The molecule has 0 radical (unpaired) electrons. The molecule has 248 valence electrons. The quantitative estimate of drug-likeness (QED) is 0.0265. The molecule has 0 saturated carbocycles. The molecule has 3 heterocycles. The van der Waals surface area contributed by atoms with Crippen LogP contribution in [-0.2, 0) is 38.1 Å². The zero-order chi connectivity index (χ0) is 34.0. The normalized spacial score (nSPS) is 20.9. The lowest BCUT2D eigenvalue weighted by molar-refractivity contribution is -0.384. The third-order valence-electron chi connectivity index (χ3n) is 6.30. The number of nitrogens with two attached hydrogens (primary N) is 1. The molecular formula is C19H22N9O15P3. The zero-order valence-electron chi connectivity index (χ0n) is 22.7. The Morgan fingerprint density at radius 3 is 2.63 bits per heavy atom. The maximum Gasteiger partial charge on any atom is 0.490 e. The van der Waals surface area contributed by atoms with E-state index in [1.165, 1.54) is 17.0 Å². The van der Waals surface area contributed by atoms with Gasteiger partial charge in [-0.25, -0.2) is 18.7 Å². The number of hydrogen-bond acceptors (Lipinski definition) is 15. The molecule has 7 N–H and O–H groups in total. The van der Waals surface area contributed by atoms with E-state index in [9.17, 15) is 43.2 Å². The number of benzene rings is 1. The Labute approximate surface area is 254 Å². The van der Waals surface area contributed by atoms with Crippen molar-refractivity contribution >= 4 is 52.1 Å². The first-order valence-electron chi connectivity index (χ1n) is 12.4. The van der Waals surface area contributed by atoms with Crippen molar-refractivity contribution in [3.05, 3.63) is 66.6 Å². The Kier molecular flexibility index (Phi) is 10.2. The van der Waals surface area contributed by atoms with Crippen molar-refractivity contribution in [2.75, 3.05) is 12.3 Å². The van der Waals surface area contributed by atoms with E-state index >= 15 is 0 Å². The van der Waals surface area contributed by atoms with Crippen LogP contribution in [-0.4, -0.2) is 62.5 Å². The molecule has 3 aromatic rings. The van der Waals surface area contributed by atoms with Crippen LogP contribution in [0.15, 0.2) is 34.4 Å². The second-order valence-corrected chi connectivity index (χ2v) is 13.8. The fourth-order valence-corrected chi connectivity index (χ4v) is 7.53. The molecule has 0 aliphatic carbocycles. The number of Topliss-reactive ketones (excluding diaryl/α,β-unsaturated/α-hetero) is 1. The number of nitro groups is 1. The Hall–Kier alpha value is -3.88. The van der Waals surface area contributed by atoms with Crippen LogP contribution in [0.25, 0.3) is 21.6 Å². The van der Waals surface area contributed by atoms with Gasteiger partial charge in [-0.15, -0.1) is 0 Å². The molecule has 0 amide bonds. The summed E-state index contributed by atoms with van der Waals surface area (Å²) in [5.41, 5.74) is 13.0. The highest BCUT2D eigenvalue weighted by Crippen LogP contribution is 2.66. The number of anilines is 1. The van der Waals surface area contributed by atoms with Crippen molar-refractivity contribution in [2.24, 2.45) is 11.0 Å². The Balaban J connectivity index is 1.64. The molecule has 0 bridgehead atoms. The molecule has 1 fully saturated rings. The van der Waals surface area contributed by atoms with Crippen LogP contribution >= 0.6 is 23.5 Å². The number of carbonyl (C=O) groups is 1. The van der Waals surface area contributed by atoms with Gasteiger partial charge in [-0.3, -0.25) is 33.8 Å². The van der Waals surface area contributed by atoms with E-state index in [0.717, 1.165) is 12.1 Å². The number of phosphoric acid groups is 3. The monoisotopic (exact) mass is 709 g/mol. The summed E-state index contributed by atoms with van der Waals surface area (Å²) < 4.78 is 54.3. The first-order chi connectivity index (χ1) is 21.4. The minimum absolute atomic E-state index is 0.0415. The standard InChI is InChI=1S/C19H22N9O15P3/c20-19-24-17-16(18(30)25-19)22-8-27(17)15-4-10(3-13(29)12-5-11(28(31)32)2-1-9(12)6-23-26-21)14(41-15)7-40-45(36,37)43-46(38,39)42-44(33,34)35/h1-2,5,8,10,14-15H,3-4,6-7H2,(H,36,37)(H,38,39)(H2,33,34,35)(H3,20,24,25,30)/t10?,14-,15-/m1/s1. The number of carbonyl (C=O) groups excluding carboxylic acids is 1. The predicted molar refractivity (Wildman–Crippen MR) is 149 cm³/mol. The first-order valence-corrected chi connectivity index (χ1v) is 16.9. The lowest BCUT2D eigenvalue weighted by Gasteiger charge is -2.21. The summed E-state index contributed by atoms with van der Waals surface area (Å²) in [6.45, 7) is -1.28. The molecule has 1 saturated heterocycles. The summed E-state index contributed by atoms with van der Waals surface area (Å²) in [5.74, 6) is -1.93. The maximum atomic E-state index is 13.5. The second kappa shape index (κ2) is 13.5. The summed E-state index contributed by atoms with van der Waals surface area (Å²) in [5, 5.41) is 14.7. The summed E-state index contributed by atoms with van der Waals surface area (Å²) in [7, 11) is -17.1. The van der Waals surface area contributed by atoms with E-state index in [2.05, 4.69) is 33.6 Å². The molecule has 4 rings (SSSR count). The van der Waals surface area contributed by atoms with Crippen molar-refractivity contribution in [3.8, 4) is 0 Å². The number of azide groups is 1. The molecule has 1 aliphatic heterocycles. The van der Waals surface area contributed by atoms with E-state index < -0.39 is 76.7 Å². The van der Waals surface area contributed by atoms with Crippen molar-refractivity contribution < 1.29 is 60.9 Å². The number of imidazole rings is 1. The number of aromatic amines is 1. The largest absolute Gasteiger partial charge is 0.490 e. The molecule has 27 heteroatoms. The highest BCUT2D eigenvalue weighted by atomic mass is 31.3. The van der Waals surface area contributed by atoms with E-state index in [1.54, 1.807) is 0 Å². The zero-order valence-corrected chi connectivity index (χ0v) is 25.4. The number of H-pyrrole nitrogens is 1. The van der Waals surface area contributed by atoms with E-state index in [1.807, 2.05) is 0 Å². The van der Waals surface area contributed by atoms with Gasteiger partial charge in [-0.1, -0.05) is 11.2 Å². The molecule has 2 aromatic heterocycles. The fraction of sp³-hybridized carbons (Fsp3) is 0.368. The van der Waals surface area contributed by atoms with Crippen molar-refractivity contribution in [3.63, 3.8) is 0 Å². The van der Waals surface area contributed by atoms with Crippen LogP contribution in [0.1, 0.15) is 35.0 Å². The lowest BCUT2D eigenvalue weighted by atomic mass is 9.90. The van der Waals surface area contributed by atoms with Crippen molar-refractivity contribution in [1.82, 2.24) is 19.5 Å². The maximum absolute atomic E-state index is 13.5. The number of ketones is 1. The third-order valence-corrected chi connectivity index (χ3v) is 10.1. The van der Waals surface area contributed by atoms with Gasteiger partial charge in [0.1, 0.15) is 6.23 Å². The Morgan fingerprint density at radius 2 is 1.98 bits per heavy atom. The van der Waals surface area contributed by atoms with Crippen LogP contribution < -0.4 is 11.3 Å². The third kappa shape index (κ3) is 8.68. The average molecular weight is 709 g/mol.